The lowest BCUT2D eigenvalue weighted by Gasteiger charge is -2.63. The highest BCUT2D eigenvalue weighted by Gasteiger charge is 2.62. The molecule has 5 rings (SSSR count). The summed E-state index contributed by atoms with van der Waals surface area (Å²) in [7, 11) is -4.76. The van der Waals surface area contributed by atoms with Crippen molar-refractivity contribution in [3.8, 4) is 0 Å². The van der Waals surface area contributed by atoms with Gasteiger partial charge in [0.05, 0.1) is 23.2 Å². The zero-order chi connectivity index (χ0) is 31.4. The number of nitrogens with one attached hydrogen (secondary N) is 1. The van der Waals surface area contributed by atoms with E-state index in [0.29, 0.717) is 53.4 Å². The van der Waals surface area contributed by atoms with Crippen molar-refractivity contribution >= 4 is 16.1 Å². The fourth-order valence-corrected chi connectivity index (χ4v) is 11.7. The number of hydrogen-bond acceptors (Lipinski definition) is 5. The maximum atomic E-state index is 13.3. The highest BCUT2D eigenvalue weighted by Crippen LogP contribution is 2.69. The minimum absolute atomic E-state index is 0.00722. The SMILES string of the molecule is CC[C@H]1CC2C3CC[C@H]([C@H](C)CCOC(=O)NS(=O)(=O)c4ccccc4C(F)(F)F)[C@@]3(C)CC[C@@H]2[C@@]2(C)CC[C@@H](O)C[C@@H]12. The third-order valence-corrected chi connectivity index (χ3v) is 14.0. The lowest BCUT2D eigenvalue weighted by Crippen LogP contribution is -2.56. The first-order chi connectivity index (χ1) is 20.1. The average molecular weight is 628 g/mol. The Morgan fingerprint density at radius 3 is 2.42 bits per heavy atom. The lowest BCUT2D eigenvalue weighted by atomic mass is 9.42. The molecule has 4 fully saturated rings. The molecule has 4 aliphatic carbocycles. The van der Waals surface area contributed by atoms with Crippen molar-refractivity contribution in [3.63, 3.8) is 0 Å². The zero-order valence-electron chi connectivity index (χ0n) is 25.8. The van der Waals surface area contributed by atoms with E-state index in [-0.39, 0.29) is 24.0 Å². The molecule has 1 aromatic rings. The quantitative estimate of drug-likeness (QED) is 0.322. The van der Waals surface area contributed by atoms with Gasteiger partial charge in [0.15, 0.2) is 0 Å². The highest BCUT2D eigenvalue weighted by molar-refractivity contribution is 7.90. The molecule has 0 aliphatic heterocycles. The molecule has 0 saturated heterocycles. The molecule has 10 atom stereocenters. The van der Waals surface area contributed by atoms with Gasteiger partial charge in [-0.1, -0.05) is 46.2 Å². The van der Waals surface area contributed by atoms with Gasteiger partial charge in [0.1, 0.15) is 0 Å². The Hall–Kier alpha value is -1.81. The Morgan fingerprint density at radius 1 is 1.05 bits per heavy atom. The molecule has 2 unspecified atom stereocenters. The number of aliphatic hydroxyl groups excluding tert-OH is 1. The number of aliphatic hydroxyl groups is 1. The van der Waals surface area contributed by atoms with Crippen LogP contribution in [0.2, 0.25) is 0 Å². The summed E-state index contributed by atoms with van der Waals surface area (Å²) in [6.45, 7) is 9.46. The molecule has 4 aliphatic rings. The molecule has 0 aromatic heterocycles. The van der Waals surface area contributed by atoms with Crippen LogP contribution in [0.4, 0.5) is 18.0 Å². The Labute approximate surface area is 254 Å². The summed E-state index contributed by atoms with van der Waals surface area (Å²) in [5, 5.41) is 10.5. The Kier molecular flexibility index (Phi) is 8.97. The minimum Gasteiger partial charge on any atom is -0.449 e. The van der Waals surface area contributed by atoms with Crippen LogP contribution in [0.3, 0.4) is 0 Å². The van der Waals surface area contributed by atoms with Crippen LogP contribution in [0.1, 0.15) is 97.5 Å². The summed E-state index contributed by atoms with van der Waals surface area (Å²) in [5.74, 6) is 4.04. The number of rotatable bonds is 7. The van der Waals surface area contributed by atoms with Gasteiger partial charge in [0, 0.05) is 0 Å². The first-order valence-corrected chi connectivity index (χ1v) is 17.6. The Bertz CT molecular complexity index is 1290. The predicted octanol–water partition coefficient (Wildman–Crippen LogP) is 7.80. The molecule has 2 N–H and O–H groups in total. The Morgan fingerprint density at radius 2 is 1.72 bits per heavy atom. The normalized spacial score (nSPS) is 38.4. The number of fused-ring (bicyclic) bond motifs is 5. The summed E-state index contributed by atoms with van der Waals surface area (Å²) < 4.78 is 72.0. The molecule has 43 heavy (non-hydrogen) atoms. The van der Waals surface area contributed by atoms with Gasteiger partial charge >= 0.3 is 12.3 Å². The second-order valence-corrected chi connectivity index (χ2v) is 16.2. The van der Waals surface area contributed by atoms with Crippen molar-refractivity contribution in [2.45, 2.75) is 109 Å². The van der Waals surface area contributed by atoms with E-state index in [9.17, 15) is 31.5 Å². The van der Waals surface area contributed by atoms with E-state index in [0.717, 1.165) is 44.2 Å². The zero-order valence-corrected chi connectivity index (χ0v) is 26.6. The van der Waals surface area contributed by atoms with Gasteiger partial charge in [0.2, 0.25) is 0 Å². The Balaban J connectivity index is 1.20. The van der Waals surface area contributed by atoms with Crippen LogP contribution in [0.25, 0.3) is 0 Å². The van der Waals surface area contributed by atoms with Crippen molar-refractivity contribution in [3.05, 3.63) is 29.8 Å². The number of hydrogen-bond donors (Lipinski definition) is 2. The van der Waals surface area contributed by atoms with Crippen molar-refractivity contribution in [1.29, 1.82) is 0 Å². The molecular weight excluding hydrogens is 579 g/mol. The van der Waals surface area contributed by atoms with Crippen molar-refractivity contribution < 1.29 is 36.2 Å². The average Bonchev–Trinajstić information content (AvgIpc) is 3.30. The van der Waals surface area contributed by atoms with Crippen molar-refractivity contribution in [2.75, 3.05) is 6.61 Å². The smallest absolute Gasteiger partial charge is 0.421 e. The van der Waals surface area contributed by atoms with Crippen LogP contribution in [0.5, 0.6) is 0 Å². The number of halogens is 3. The van der Waals surface area contributed by atoms with Crippen LogP contribution < -0.4 is 4.72 Å². The summed E-state index contributed by atoms with van der Waals surface area (Å²) in [5.41, 5.74) is -0.837. The van der Waals surface area contributed by atoms with E-state index in [2.05, 4.69) is 27.7 Å². The van der Waals surface area contributed by atoms with Gasteiger partial charge in [0.25, 0.3) is 10.0 Å². The number of alkyl halides is 3. The van der Waals surface area contributed by atoms with Crippen LogP contribution in [-0.2, 0) is 20.9 Å². The fourth-order valence-electron chi connectivity index (χ4n) is 10.6. The highest BCUT2D eigenvalue weighted by atomic mass is 32.2. The molecule has 10 heteroatoms. The maximum Gasteiger partial charge on any atom is 0.421 e. The summed E-state index contributed by atoms with van der Waals surface area (Å²) >= 11 is 0. The predicted molar refractivity (Wildman–Crippen MR) is 157 cm³/mol. The van der Waals surface area contributed by atoms with Gasteiger partial charge < -0.3 is 9.84 Å². The number of carbonyl (C=O) groups is 1. The topological polar surface area (TPSA) is 92.7 Å². The number of sulfonamides is 1. The molecule has 0 heterocycles. The van der Waals surface area contributed by atoms with E-state index in [1.54, 1.807) is 4.72 Å². The van der Waals surface area contributed by atoms with Crippen LogP contribution >= 0.6 is 0 Å². The van der Waals surface area contributed by atoms with Gasteiger partial charge in [-0.15, -0.1) is 0 Å². The maximum absolute atomic E-state index is 13.3. The van der Waals surface area contributed by atoms with E-state index < -0.39 is 32.8 Å². The third-order valence-electron chi connectivity index (χ3n) is 12.6. The van der Waals surface area contributed by atoms with Crippen molar-refractivity contribution in [1.82, 2.24) is 4.72 Å². The molecular formula is C33H48F3NO5S. The number of carbonyl (C=O) groups excluding carboxylic acids is 1. The van der Waals surface area contributed by atoms with E-state index in [1.165, 1.54) is 31.7 Å². The first-order valence-electron chi connectivity index (χ1n) is 16.2. The van der Waals surface area contributed by atoms with Crippen LogP contribution in [-0.4, -0.2) is 32.3 Å². The van der Waals surface area contributed by atoms with Crippen molar-refractivity contribution in [2.24, 2.45) is 52.3 Å². The lowest BCUT2D eigenvalue weighted by molar-refractivity contribution is -0.152. The molecule has 6 nitrogen and oxygen atoms in total. The molecule has 0 radical (unpaired) electrons. The largest absolute Gasteiger partial charge is 0.449 e. The third kappa shape index (κ3) is 5.96. The first kappa shape index (κ1) is 32.6. The van der Waals surface area contributed by atoms with Gasteiger partial charge in [-0.2, -0.15) is 13.2 Å². The van der Waals surface area contributed by atoms with E-state index in [4.69, 9.17) is 4.74 Å². The molecule has 0 bridgehead atoms. The van der Waals surface area contributed by atoms with Gasteiger partial charge in [-0.25, -0.2) is 17.9 Å². The molecule has 1 amide bonds. The fraction of sp³-hybridized carbons (Fsp3) is 0.788. The monoisotopic (exact) mass is 627 g/mol. The molecule has 0 spiro atoms. The molecule has 4 saturated carbocycles. The minimum atomic E-state index is -4.88. The second kappa shape index (κ2) is 11.8. The number of ether oxygens (including phenoxy) is 1. The van der Waals surface area contributed by atoms with Crippen LogP contribution in [0.15, 0.2) is 29.2 Å². The summed E-state index contributed by atoms with van der Waals surface area (Å²) in [6.07, 6.45) is 4.36. The standard InChI is InChI=1S/C33H48F3NO5S/c1-5-21-18-23-25-11-10-24(31(25,3)16-13-26(23)32(4)15-12-22(38)19-28(21)32)20(2)14-17-42-30(39)37-43(40,41)29-9-7-6-8-27(29)33(34,35)36/h6-9,20-26,28,38H,5,10-19H2,1-4H3,(H,37,39)/t20-,21+,22-,23?,24-,25?,26+,28+,31-,32-/m1/s1. The second-order valence-electron chi connectivity index (χ2n) is 14.6. The van der Waals surface area contributed by atoms with E-state index in [1.807, 2.05) is 0 Å². The van der Waals surface area contributed by atoms with Gasteiger partial charge in [-0.3, -0.25) is 0 Å². The summed E-state index contributed by atoms with van der Waals surface area (Å²) in [6, 6.07) is 3.75. The van der Waals surface area contributed by atoms with E-state index >= 15 is 0 Å². The van der Waals surface area contributed by atoms with Crippen LogP contribution in [0, 0.1) is 52.3 Å². The number of amides is 1. The molecule has 1 aromatic carbocycles. The molecule has 242 valence electrons. The summed E-state index contributed by atoms with van der Waals surface area (Å²) in [4.78, 5) is 11.4. The van der Waals surface area contributed by atoms with Gasteiger partial charge in [-0.05, 0) is 122 Å². The number of benzene rings is 1.